The largest absolute Gasteiger partial charge is 0.480 e. The number of alkyl carbamates (subject to hydrolysis) is 1. The predicted octanol–water partition coefficient (Wildman–Crippen LogP) is 3.49. The zero-order valence-corrected chi connectivity index (χ0v) is 18.8. The van der Waals surface area contributed by atoms with Gasteiger partial charge in [-0.05, 0) is 60.7 Å². The summed E-state index contributed by atoms with van der Waals surface area (Å²) < 4.78 is 8.34. The number of hydrogen-bond acceptors (Lipinski definition) is 7. The molecule has 2 fully saturated rings. The monoisotopic (exact) mass is 458 g/mol. The van der Waals surface area contributed by atoms with Gasteiger partial charge in [-0.3, -0.25) is 9.59 Å². The normalized spacial score (nSPS) is 18.3. The van der Waals surface area contributed by atoms with E-state index in [0.717, 1.165) is 13.2 Å². The number of ether oxygens (including phenoxy) is 2. The van der Waals surface area contributed by atoms with Crippen LogP contribution in [0.5, 0.6) is 0 Å². The summed E-state index contributed by atoms with van der Waals surface area (Å²) in [5.41, 5.74) is 5.22. The first-order chi connectivity index (χ1) is 13.4. The van der Waals surface area contributed by atoms with Crippen molar-refractivity contribution >= 4 is 45.9 Å². The van der Waals surface area contributed by atoms with E-state index in [2.05, 4.69) is 33.3 Å². The van der Waals surface area contributed by atoms with Crippen LogP contribution in [0.3, 0.4) is 0 Å². The van der Waals surface area contributed by atoms with Crippen LogP contribution >= 0.6 is 23.2 Å². The minimum absolute atomic E-state index is 0.357. The lowest BCUT2D eigenvalue weighted by atomic mass is 10.0. The number of esters is 1. The second-order valence-corrected chi connectivity index (χ2v) is 8.03. The highest BCUT2D eigenvalue weighted by molar-refractivity contribution is 6.93. The van der Waals surface area contributed by atoms with Gasteiger partial charge in [0.15, 0.2) is 0 Å². The minimum Gasteiger partial charge on any atom is -0.480 e. The molecule has 1 amide bonds. The van der Waals surface area contributed by atoms with Gasteiger partial charge in [0.1, 0.15) is 12.1 Å². The summed E-state index contributed by atoms with van der Waals surface area (Å²) in [6.45, 7) is 9.86. The number of carboxylic acid groups (broad SMARTS) is 1. The fourth-order valence-corrected chi connectivity index (χ4v) is 2.14. The van der Waals surface area contributed by atoms with Crippen molar-refractivity contribution in [1.29, 1.82) is 0 Å². The van der Waals surface area contributed by atoms with Crippen LogP contribution in [0.25, 0.3) is 0 Å². The predicted molar refractivity (Wildman–Crippen MR) is 110 cm³/mol. The number of carbonyl (C=O) groups is 4. The number of nitrogens with one attached hydrogen (secondary N) is 1. The number of nitrogens with two attached hydrogens (primary N) is 1. The second-order valence-electron chi connectivity index (χ2n) is 7.15. The van der Waals surface area contributed by atoms with Gasteiger partial charge < -0.3 is 25.6 Å². The van der Waals surface area contributed by atoms with Gasteiger partial charge in [0.05, 0.1) is 0 Å². The molecule has 4 N–H and O–H groups in total. The topological polar surface area (TPSA) is 145 Å². The first-order valence-electron chi connectivity index (χ1n) is 9.30. The molecule has 0 aromatic carbocycles. The van der Waals surface area contributed by atoms with E-state index in [4.69, 9.17) is 20.4 Å². The van der Waals surface area contributed by atoms with Crippen molar-refractivity contribution in [3.8, 4) is 0 Å². The maximum absolute atomic E-state index is 10.8. The molecule has 2 heterocycles. The van der Waals surface area contributed by atoms with Gasteiger partial charge in [-0.2, -0.15) is 0 Å². The van der Waals surface area contributed by atoms with Crippen LogP contribution in [-0.4, -0.2) is 53.1 Å². The van der Waals surface area contributed by atoms with Gasteiger partial charge >= 0.3 is 22.7 Å². The molecule has 2 aliphatic heterocycles. The Bertz CT molecular complexity index is 501. The Morgan fingerprint density at radius 1 is 1.14 bits per heavy atom. The van der Waals surface area contributed by atoms with Gasteiger partial charge in [0.25, 0.3) is 0 Å². The van der Waals surface area contributed by atoms with Crippen molar-refractivity contribution < 1.29 is 33.8 Å². The van der Waals surface area contributed by atoms with E-state index in [9.17, 15) is 14.4 Å². The van der Waals surface area contributed by atoms with Crippen molar-refractivity contribution in [3.05, 3.63) is 0 Å². The zero-order valence-electron chi connectivity index (χ0n) is 17.3. The third-order valence-electron chi connectivity index (χ3n) is 3.35. The fourth-order valence-electron chi connectivity index (χ4n) is 2.14. The van der Waals surface area contributed by atoms with Gasteiger partial charge in [0.2, 0.25) is 0 Å². The van der Waals surface area contributed by atoms with Gasteiger partial charge in [-0.1, -0.05) is 27.7 Å². The molecule has 29 heavy (non-hydrogen) atoms. The lowest BCUT2D eigenvalue weighted by molar-refractivity contribution is -0.139. The number of amides is 1. The van der Waals surface area contributed by atoms with Gasteiger partial charge in [0, 0.05) is 13.2 Å². The zero-order chi connectivity index (χ0) is 23.0. The quantitative estimate of drug-likeness (QED) is 0.322. The Morgan fingerprint density at radius 3 is 1.83 bits per heavy atom. The van der Waals surface area contributed by atoms with Crippen molar-refractivity contribution in [2.75, 3.05) is 13.2 Å². The highest BCUT2D eigenvalue weighted by atomic mass is 35.5. The minimum atomic E-state index is -0.913. The van der Waals surface area contributed by atoms with Crippen LogP contribution in [0.15, 0.2) is 0 Å². The van der Waals surface area contributed by atoms with Gasteiger partial charge in [-0.25, -0.2) is 9.59 Å². The summed E-state index contributed by atoms with van der Waals surface area (Å²) in [5.74, 6) is -0.630. The molecule has 2 rings (SSSR count). The molecule has 9 nitrogen and oxygen atoms in total. The molecule has 0 aromatic rings. The van der Waals surface area contributed by atoms with Crippen LogP contribution in [0, 0.1) is 11.8 Å². The number of carboxylic acids is 1. The van der Waals surface area contributed by atoms with Crippen LogP contribution in [0.2, 0.25) is 0 Å². The standard InChI is InChI=1S/C7H11NO3.C6H13NO2.C4H8O.CCl2O/c1-4(2)3-5-6(9)11-7(10)8-5;1-4(2)3-5(7)6(8)9;1-2-4-5-3-1;2-1(3)4/h4-5H,3H2,1-2H3,(H,8,10);4-5H,3,7H2,1-2H3,(H,8,9);1-4H2;/t2*5-;;/m00../s1. The smallest absolute Gasteiger partial charge is 0.415 e. The molecule has 2 saturated heterocycles. The van der Waals surface area contributed by atoms with Gasteiger partial charge in [-0.15, -0.1) is 0 Å². The van der Waals surface area contributed by atoms with Crippen molar-refractivity contribution in [3.63, 3.8) is 0 Å². The molecule has 2 aliphatic rings. The maximum Gasteiger partial charge on any atom is 0.415 e. The molecular weight excluding hydrogens is 427 g/mol. The number of carbonyl (C=O) groups excluding carboxylic acids is 3. The number of halogens is 2. The van der Waals surface area contributed by atoms with E-state index < -0.39 is 34.8 Å². The molecule has 11 heteroatoms. The summed E-state index contributed by atoms with van der Waals surface area (Å²) >= 11 is 8.80. The van der Waals surface area contributed by atoms with Crippen LogP contribution < -0.4 is 11.1 Å². The summed E-state index contributed by atoms with van der Waals surface area (Å²) in [6, 6.07) is -1.12. The van der Waals surface area contributed by atoms with Crippen molar-refractivity contribution in [1.82, 2.24) is 5.32 Å². The average molecular weight is 459 g/mol. The second kappa shape index (κ2) is 17.4. The molecule has 0 radical (unpaired) electrons. The molecular formula is C18H32Cl2N2O7. The first kappa shape index (κ1) is 29.8. The Hall–Kier alpha value is -1.42. The molecule has 0 bridgehead atoms. The Labute approximate surface area is 181 Å². The molecule has 2 atom stereocenters. The SMILES string of the molecule is C1CCOC1.CC(C)C[C@@H]1NC(=O)OC1=O.CC(C)C[C@H](N)C(=O)O.O=C(Cl)Cl. The Morgan fingerprint density at radius 2 is 1.62 bits per heavy atom. The summed E-state index contributed by atoms with van der Waals surface area (Å²) in [4.78, 5) is 40.4. The number of cyclic esters (lactones) is 2. The number of hydrogen-bond donors (Lipinski definition) is 3. The van der Waals surface area contributed by atoms with E-state index in [1.54, 1.807) is 0 Å². The molecule has 0 aromatic heterocycles. The summed E-state index contributed by atoms with van der Waals surface area (Å²) in [6.07, 6.45) is 3.13. The molecule has 0 unspecified atom stereocenters. The van der Waals surface area contributed by atoms with Crippen LogP contribution in [0.4, 0.5) is 9.59 Å². The Kier molecular flexibility index (Phi) is 17.9. The van der Waals surface area contributed by atoms with Crippen molar-refractivity contribution in [2.24, 2.45) is 17.6 Å². The summed E-state index contributed by atoms with van der Waals surface area (Å²) in [5, 5.41) is 10.7. The van der Waals surface area contributed by atoms with Crippen LogP contribution in [-0.2, 0) is 19.1 Å². The lowest BCUT2D eigenvalue weighted by Crippen LogP contribution is -2.31. The maximum atomic E-state index is 10.8. The third kappa shape index (κ3) is 21.1. The first-order valence-corrected chi connectivity index (χ1v) is 10.1. The highest BCUT2D eigenvalue weighted by Crippen LogP contribution is 2.10. The van der Waals surface area contributed by atoms with Crippen LogP contribution in [0.1, 0.15) is 53.4 Å². The molecule has 170 valence electrons. The summed E-state index contributed by atoms with van der Waals surface area (Å²) in [7, 11) is 0. The highest BCUT2D eigenvalue weighted by Gasteiger charge is 2.32. The average Bonchev–Trinajstić information content (AvgIpc) is 3.20. The van der Waals surface area contributed by atoms with E-state index in [-0.39, 0.29) is 0 Å². The molecule has 0 saturated carbocycles. The number of aliphatic carboxylic acids is 1. The molecule has 0 spiro atoms. The lowest BCUT2D eigenvalue weighted by Gasteiger charge is -2.07. The van der Waals surface area contributed by atoms with E-state index in [0.29, 0.717) is 24.7 Å². The Balaban J connectivity index is 0. The number of rotatable bonds is 5. The van der Waals surface area contributed by atoms with E-state index >= 15 is 0 Å². The van der Waals surface area contributed by atoms with E-state index in [1.807, 2.05) is 27.7 Å². The third-order valence-corrected chi connectivity index (χ3v) is 3.35. The fraction of sp³-hybridized carbons (Fsp3) is 0.778. The molecule has 0 aliphatic carbocycles. The van der Waals surface area contributed by atoms with E-state index in [1.165, 1.54) is 12.8 Å². The van der Waals surface area contributed by atoms with Crippen molar-refractivity contribution in [2.45, 2.75) is 65.5 Å².